The average Bonchev–Trinajstić information content (AvgIpc) is 3.49. The predicted octanol–water partition coefficient (Wildman–Crippen LogP) is 4.93. The van der Waals surface area contributed by atoms with Crippen LogP contribution in [-0.4, -0.2) is 35.2 Å². The molecule has 12 heteroatoms. The smallest absolute Gasteiger partial charge is 0.320 e. The van der Waals surface area contributed by atoms with E-state index in [0.29, 0.717) is 21.3 Å². The summed E-state index contributed by atoms with van der Waals surface area (Å²) in [5.74, 6) is -0.663. The number of hydrogen-bond donors (Lipinski definition) is 1. The second-order valence-corrected chi connectivity index (χ2v) is 7.56. The molecule has 0 aliphatic carbocycles. The topological polar surface area (TPSA) is 90.5 Å². The van der Waals surface area contributed by atoms with Crippen LogP contribution in [0.15, 0.2) is 73.8 Å². The van der Waals surface area contributed by atoms with Gasteiger partial charge in [0.05, 0.1) is 40.6 Å². The summed E-state index contributed by atoms with van der Waals surface area (Å²) in [4.78, 5) is 24.9. The van der Waals surface area contributed by atoms with Crippen molar-refractivity contribution in [3.63, 3.8) is 0 Å². The molecule has 8 nitrogen and oxygen atoms in total. The first-order valence-corrected chi connectivity index (χ1v) is 10.1. The maximum atomic E-state index is 14.1. The number of fused-ring (bicyclic) bond motifs is 1. The van der Waals surface area contributed by atoms with Crippen molar-refractivity contribution in [2.24, 2.45) is 0 Å². The summed E-state index contributed by atoms with van der Waals surface area (Å²) < 4.78 is 44.5. The lowest BCUT2D eigenvalue weighted by molar-refractivity contribution is -0.143. The molecule has 4 aromatic heterocycles. The molecule has 5 aromatic rings. The minimum Gasteiger partial charge on any atom is -0.320 e. The van der Waals surface area contributed by atoms with Gasteiger partial charge in [0.25, 0.3) is 5.91 Å². The quantitative estimate of drug-likeness (QED) is 0.391. The van der Waals surface area contributed by atoms with E-state index in [1.165, 1.54) is 37.2 Å². The summed E-state index contributed by atoms with van der Waals surface area (Å²) >= 11 is 6.23. The average molecular weight is 484 g/mol. The number of pyridine rings is 2. The summed E-state index contributed by atoms with van der Waals surface area (Å²) in [5, 5.41) is 7.59. The highest BCUT2D eigenvalue weighted by Crippen LogP contribution is 2.35. The zero-order chi connectivity index (χ0) is 23.9. The summed E-state index contributed by atoms with van der Waals surface area (Å²) in [6.07, 6.45) is 4.73. The number of rotatable bonds is 4. The molecule has 0 radical (unpaired) electrons. The zero-order valence-corrected chi connectivity index (χ0v) is 17.8. The monoisotopic (exact) mass is 483 g/mol. The number of hydrogen-bond acceptors (Lipinski definition) is 5. The van der Waals surface area contributed by atoms with Gasteiger partial charge in [-0.1, -0.05) is 35.9 Å². The van der Waals surface area contributed by atoms with Crippen LogP contribution in [0.2, 0.25) is 5.02 Å². The molecule has 5 rings (SSSR count). The van der Waals surface area contributed by atoms with E-state index < -0.39 is 23.3 Å². The molecule has 0 saturated heterocycles. The fourth-order valence-corrected chi connectivity index (χ4v) is 3.78. The van der Waals surface area contributed by atoms with Crippen molar-refractivity contribution >= 4 is 34.0 Å². The number of carbonyl (C=O) groups is 1. The molecule has 0 spiro atoms. The van der Waals surface area contributed by atoms with E-state index in [9.17, 15) is 18.0 Å². The van der Waals surface area contributed by atoms with Gasteiger partial charge in [0.2, 0.25) is 0 Å². The molecule has 0 bridgehead atoms. The fourth-order valence-electron chi connectivity index (χ4n) is 3.51. The highest BCUT2D eigenvalue weighted by molar-refractivity contribution is 6.32. The van der Waals surface area contributed by atoms with Gasteiger partial charge in [-0.15, -0.1) is 0 Å². The minimum absolute atomic E-state index is 0.0962. The van der Waals surface area contributed by atoms with Gasteiger partial charge in [-0.25, -0.2) is 14.6 Å². The van der Waals surface area contributed by atoms with E-state index in [-0.39, 0.29) is 16.4 Å². The first-order valence-electron chi connectivity index (χ1n) is 9.76. The lowest BCUT2D eigenvalue weighted by Crippen LogP contribution is -2.21. The molecule has 0 aliphatic heterocycles. The van der Waals surface area contributed by atoms with Gasteiger partial charge >= 0.3 is 6.18 Å². The van der Waals surface area contributed by atoms with Crippen molar-refractivity contribution in [3.8, 4) is 11.5 Å². The summed E-state index contributed by atoms with van der Waals surface area (Å²) in [5.41, 5.74) is -1.67. The van der Waals surface area contributed by atoms with Crippen LogP contribution < -0.4 is 5.32 Å². The van der Waals surface area contributed by atoms with Gasteiger partial charge in [0.1, 0.15) is 6.33 Å². The van der Waals surface area contributed by atoms with Gasteiger partial charge in [0.15, 0.2) is 11.5 Å². The van der Waals surface area contributed by atoms with Gasteiger partial charge in [-0.3, -0.25) is 14.3 Å². The van der Waals surface area contributed by atoms with Crippen molar-refractivity contribution in [2.75, 3.05) is 5.32 Å². The van der Waals surface area contributed by atoms with E-state index in [1.54, 1.807) is 35.0 Å². The third-order valence-electron chi connectivity index (χ3n) is 4.99. The summed E-state index contributed by atoms with van der Waals surface area (Å²) in [6.45, 7) is 0. The Morgan fingerprint density at radius 1 is 1.06 bits per heavy atom. The molecule has 4 heterocycles. The maximum absolute atomic E-state index is 14.1. The Morgan fingerprint density at radius 2 is 1.88 bits per heavy atom. The fraction of sp³-hybridized carbons (Fsp3) is 0.0455. The normalized spacial score (nSPS) is 11.6. The van der Waals surface area contributed by atoms with E-state index in [1.807, 2.05) is 0 Å². The molecule has 1 aromatic carbocycles. The van der Waals surface area contributed by atoms with Gasteiger partial charge in [0, 0.05) is 29.4 Å². The molecule has 0 atom stereocenters. The van der Waals surface area contributed by atoms with Gasteiger partial charge in [-0.05, 0) is 6.07 Å². The van der Waals surface area contributed by atoms with Crippen molar-refractivity contribution in [2.45, 2.75) is 6.18 Å². The lowest BCUT2D eigenvalue weighted by atomic mass is 10.1. The second-order valence-electron chi connectivity index (χ2n) is 7.15. The highest BCUT2D eigenvalue weighted by atomic mass is 35.5. The third-order valence-corrected chi connectivity index (χ3v) is 5.26. The van der Waals surface area contributed by atoms with Crippen LogP contribution in [0.5, 0.6) is 0 Å². The Balaban J connectivity index is 1.53. The molecule has 170 valence electrons. The molecule has 0 aliphatic rings. The Kier molecular flexibility index (Phi) is 5.25. The molecular formula is C22H13ClF3N7O. The second kappa shape index (κ2) is 8.27. The number of carbonyl (C=O) groups excluding carboxylic acids is 1. The van der Waals surface area contributed by atoms with E-state index in [0.717, 1.165) is 6.20 Å². The number of halogens is 4. The van der Waals surface area contributed by atoms with Gasteiger partial charge < -0.3 is 5.32 Å². The van der Waals surface area contributed by atoms with Crippen LogP contribution in [0.1, 0.15) is 16.1 Å². The number of amides is 1. The highest BCUT2D eigenvalue weighted by Gasteiger charge is 2.41. The number of nitrogens with zero attached hydrogens (tertiary/aromatic N) is 6. The minimum atomic E-state index is -4.87. The number of anilines is 1. The zero-order valence-electron chi connectivity index (χ0n) is 17.0. The van der Waals surface area contributed by atoms with Crippen molar-refractivity contribution in [3.05, 3.63) is 90.1 Å². The standard InChI is InChI=1S/C22H13ClF3N7O/c23-17-7-14(9-29-20(17)32-6-5-27-12-32)31-21(34)16-10-30-33(19(16)22(24,25)26)18-11-28-8-13-3-1-2-4-15(13)18/h1-12H,(H,31,34). The number of aromatic nitrogens is 6. The SMILES string of the molecule is O=C(Nc1cnc(-n2ccnc2)c(Cl)c1)c1cnn(-c2cncc3ccccc23)c1C(F)(F)F. The molecule has 0 unspecified atom stereocenters. The molecule has 1 N–H and O–H groups in total. The van der Waals surface area contributed by atoms with Crippen LogP contribution in [0, 0.1) is 0 Å². The summed E-state index contributed by atoms with van der Waals surface area (Å²) in [6, 6.07) is 8.20. The van der Waals surface area contributed by atoms with Crippen molar-refractivity contribution < 1.29 is 18.0 Å². The van der Waals surface area contributed by atoms with Crippen LogP contribution in [-0.2, 0) is 6.18 Å². The van der Waals surface area contributed by atoms with Crippen LogP contribution in [0.3, 0.4) is 0 Å². The molecule has 0 fully saturated rings. The first-order chi connectivity index (χ1) is 16.3. The number of imidazole rings is 1. The number of alkyl halides is 3. The lowest BCUT2D eigenvalue weighted by Gasteiger charge is -2.14. The first kappa shape index (κ1) is 21.6. The number of nitrogens with one attached hydrogen (secondary N) is 1. The molecule has 1 amide bonds. The Bertz CT molecular complexity index is 1510. The summed E-state index contributed by atoms with van der Waals surface area (Å²) in [7, 11) is 0. The van der Waals surface area contributed by atoms with E-state index in [4.69, 9.17) is 11.6 Å². The predicted molar refractivity (Wildman–Crippen MR) is 118 cm³/mol. The molecular weight excluding hydrogens is 471 g/mol. The van der Waals surface area contributed by atoms with Crippen LogP contribution in [0.25, 0.3) is 22.3 Å². The van der Waals surface area contributed by atoms with E-state index in [2.05, 4.69) is 25.4 Å². The Hall–Kier alpha value is -4.25. The van der Waals surface area contributed by atoms with Crippen molar-refractivity contribution in [1.82, 2.24) is 29.3 Å². The maximum Gasteiger partial charge on any atom is 0.434 e. The number of benzene rings is 1. The van der Waals surface area contributed by atoms with Crippen molar-refractivity contribution in [1.29, 1.82) is 0 Å². The van der Waals surface area contributed by atoms with Gasteiger partial charge in [-0.2, -0.15) is 18.3 Å². The molecule has 0 saturated carbocycles. The Labute approximate surface area is 194 Å². The third kappa shape index (κ3) is 3.86. The van der Waals surface area contributed by atoms with Crippen LogP contribution >= 0.6 is 11.6 Å². The molecule has 34 heavy (non-hydrogen) atoms. The Morgan fingerprint density at radius 3 is 2.62 bits per heavy atom. The largest absolute Gasteiger partial charge is 0.434 e. The van der Waals surface area contributed by atoms with Crippen LogP contribution in [0.4, 0.5) is 18.9 Å². The van der Waals surface area contributed by atoms with E-state index >= 15 is 0 Å².